The minimum atomic E-state index is 0. The van der Waals surface area contributed by atoms with E-state index in [1.807, 2.05) is 0 Å². The number of aryl methyl sites for hydroxylation is 2. The summed E-state index contributed by atoms with van der Waals surface area (Å²) in [5.74, 6) is 2.54. The molecule has 1 aliphatic carbocycles. The number of hydrogen-bond acceptors (Lipinski definition) is 0. The fourth-order valence-corrected chi connectivity index (χ4v) is 6.73. The summed E-state index contributed by atoms with van der Waals surface area (Å²) >= 11 is 1.46. The molecule has 0 aromatic heterocycles. The van der Waals surface area contributed by atoms with Gasteiger partial charge in [0.2, 0.25) is 0 Å². The number of halogens is 2. The molecule has 0 N–H and O–H groups in total. The number of rotatable bonds is 5. The molecule has 0 heterocycles. The SMILES string of the molecule is CC(C)C1=C(C(C)C)C(C(C)C)[C-]=C1.Cc1ccc2c(c1)[cH-]c1cc(C)ccc12.[Cl-].[Cl-].[Zr+2]=[C](c1ccccc1)c1ccccc1. The molecular weight excluding hydrogens is 667 g/mol. The Bertz CT molecular complexity index is 1620. The molecule has 234 valence electrons. The van der Waals surface area contributed by atoms with Crippen LogP contribution in [0.25, 0.3) is 21.5 Å². The Morgan fingerprint density at radius 3 is 1.47 bits per heavy atom. The van der Waals surface area contributed by atoms with Gasteiger partial charge in [-0.2, -0.15) is 11.1 Å². The first-order chi connectivity index (χ1) is 20.6. The Hall–Kier alpha value is -2.44. The van der Waals surface area contributed by atoms with E-state index in [1.54, 1.807) is 5.57 Å². The first kappa shape index (κ1) is 38.7. The third kappa shape index (κ3) is 10.0. The van der Waals surface area contributed by atoms with Crippen LogP contribution in [-0.2, 0) is 24.2 Å². The molecule has 45 heavy (non-hydrogen) atoms. The Labute approximate surface area is 299 Å². The monoisotopic (exact) mass is 710 g/mol. The summed E-state index contributed by atoms with van der Waals surface area (Å²) in [6, 6.07) is 36.7. The van der Waals surface area contributed by atoms with Crippen LogP contribution in [0.2, 0.25) is 0 Å². The van der Waals surface area contributed by atoms with E-state index in [0.29, 0.717) is 23.7 Å². The topological polar surface area (TPSA) is 0 Å². The molecule has 5 aromatic rings. The van der Waals surface area contributed by atoms with Crippen molar-refractivity contribution in [2.45, 2.75) is 55.4 Å². The third-order valence-electron chi connectivity index (χ3n) is 8.14. The van der Waals surface area contributed by atoms with Gasteiger partial charge in [0.05, 0.1) is 0 Å². The quantitative estimate of drug-likeness (QED) is 0.215. The van der Waals surface area contributed by atoms with Crippen molar-refractivity contribution in [2.24, 2.45) is 23.7 Å². The van der Waals surface area contributed by atoms with Gasteiger partial charge in [0.25, 0.3) is 0 Å². The summed E-state index contributed by atoms with van der Waals surface area (Å²) in [6.45, 7) is 18.0. The summed E-state index contributed by atoms with van der Waals surface area (Å²) in [6.07, 6.45) is 5.75. The molecule has 0 radical (unpaired) electrons. The first-order valence-electron chi connectivity index (χ1n) is 15.7. The number of hydrogen-bond donors (Lipinski definition) is 0. The van der Waals surface area contributed by atoms with E-state index in [-0.39, 0.29) is 24.8 Å². The van der Waals surface area contributed by atoms with Gasteiger partial charge in [-0.05, 0) is 19.8 Å². The second-order valence-corrected chi connectivity index (χ2v) is 13.9. The van der Waals surface area contributed by atoms with Crippen LogP contribution in [-0.4, -0.2) is 3.21 Å². The summed E-state index contributed by atoms with van der Waals surface area (Å²) in [5.41, 5.74) is 8.46. The molecule has 0 amide bonds. The van der Waals surface area contributed by atoms with Crippen molar-refractivity contribution in [2.75, 3.05) is 0 Å². The summed E-state index contributed by atoms with van der Waals surface area (Å²) in [4.78, 5) is 0. The molecule has 0 saturated heterocycles. The molecule has 0 spiro atoms. The minimum absolute atomic E-state index is 0. The zero-order valence-electron chi connectivity index (χ0n) is 28.0. The Kier molecular flexibility index (Phi) is 15.5. The van der Waals surface area contributed by atoms with Gasteiger partial charge < -0.3 is 24.8 Å². The van der Waals surface area contributed by atoms with Crippen molar-refractivity contribution in [3.05, 3.63) is 149 Å². The van der Waals surface area contributed by atoms with Gasteiger partial charge >= 0.3 is 99.2 Å². The summed E-state index contributed by atoms with van der Waals surface area (Å²) in [5, 5.41) is 5.46. The molecule has 0 bridgehead atoms. The summed E-state index contributed by atoms with van der Waals surface area (Å²) < 4.78 is 1.42. The fraction of sp³-hybridized carbons (Fsp3) is 0.286. The van der Waals surface area contributed by atoms with Gasteiger partial charge in [-0.25, -0.2) is 6.08 Å². The van der Waals surface area contributed by atoms with Crippen molar-refractivity contribution in [1.82, 2.24) is 0 Å². The molecule has 1 unspecified atom stereocenters. The molecule has 6 rings (SSSR count). The molecule has 1 atom stereocenters. The molecule has 5 aromatic carbocycles. The van der Waals surface area contributed by atoms with Crippen molar-refractivity contribution in [3.63, 3.8) is 0 Å². The van der Waals surface area contributed by atoms with Crippen molar-refractivity contribution < 1.29 is 49.0 Å². The average molecular weight is 713 g/mol. The van der Waals surface area contributed by atoms with Crippen molar-refractivity contribution >= 4 is 24.8 Å². The standard InChI is InChI=1S/C15H13.C14H23.C13H10.2ClH.Zr/c1-10-3-5-14-12(7-10)9-13-8-11(2)4-6-15(13)14;1-9(2)12-7-8-13(10(3)4)14(12)11(5)6;1-3-7-12(8-4-1)11-13-9-5-2-6-10-13;;;/h3-9H,1-2H3;7,9-11,13H,1-6H3;1-10H;2*1H;/q2*-1;;;;+2/p-2. The third-order valence-corrected chi connectivity index (χ3v) is 9.56. The van der Waals surface area contributed by atoms with Gasteiger partial charge in [0.15, 0.2) is 0 Å². The second-order valence-electron chi connectivity index (χ2n) is 12.7. The number of allylic oxidation sites excluding steroid dienone is 4. The van der Waals surface area contributed by atoms with Gasteiger partial charge in [-0.1, -0.05) is 94.7 Å². The van der Waals surface area contributed by atoms with E-state index in [0.717, 1.165) is 0 Å². The molecule has 3 heteroatoms. The van der Waals surface area contributed by atoms with Gasteiger partial charge in [0, 0.05) is 0 Å². The number of fused-ring (bicyclic) bond motifs is 3. The van der Waals surface area contributed by atoms with E-state index in [1.165, 1.54) is 76.8 Å². The van der Waals surface area contributed by atoms with E-state index < -0.39 is 0 Å². The fourth-order valence-electron chi connectivity index (χ4n) is 5.91. The normalized spacial score (nSPS) is 13.8. The Balaban J connectivity index is 0.000000230. The van der Waals surface area contributed by atoms with Gasteiger partial charge in [0.1, 0.15) is 0 Å². The van der Waals surface area contributed by atoms with Crippen LogP contribution in [0, 0.1) is 43.6 Å². The maximum absolute atomic E-state index is 3.52. The van der Waals surface area contributed by atoms with Crippen LogP contribution in [0.1, 0.15) is 63.8 Å². The second kappa shape index (κ2) is 18.0. The molecular formula is C42H46Cl2Zr-2. The number of benzene rings is 4. The van der Waals surface area contributed by atoms with Gasteiger partial charge in [-0.15, -0.1) is 39.7 Å². The van der Waals surface area contributed by atoms with E-state index in [2.05, 4.69) is 171 Å². The van der Waals surface area contributed by atoms with Crippen LogP contribution in [0.4, 0.5) is 0 Å². The van der Waals surface area contributed by atoms with E-state index in [4.69, 9.17) is 0 Å². The molecule has 0 aliphatic heterocycles. The van der Waals surface area contributed by atoms with Crippen molar-refractivity contribution in [1.29, 1.82) is 0 Å². The van der Waals surface area contributed by atoms with Crippen LogP contribution in [0.3, 0.4) is 0 Å². The first-order valence-corrected chi connectivity index (χ1v) is 16.9. The van der Waals surface area contributed by atoms with E-state index in [9.17, 15) is 0 Å². The summed E-state index contributed by atoms with van der Waals surface area (Å²) in [7, 11) is 0. The average Bonchev–Trinajstić information content (AvgIpc) is 3.60. The van der Waals surface area contributed by atoms with E-state index >= 15 is 0 Å². The van der Waals surface area contributed by atoms with Crippen molar-refractivity contribution in [3.8, 4) is 0 Å². The molecule has 1 aliphatic rings. The predicted molar refractivity (Wildman–Crippen MR) is 185 cm³/mol. The van der Waals surface area contributed by atoms with Crippen LogP contribution >= 0.6 is 0 Å². The van der Waals surface area contributed by atoms with Crippen LogP contribution in [0.5, 0.6) is 0 Å². The maximum atomic E-state index is 3.52. The zero-order chi connectivity index (χ0) is 31.1. The van der Waals surface area contributed by atoms with Gasteiger partial charge in [-0.3, -0.25) is 6.08 Å². The molecule has 0 nitrogen and oxygen atoms in total. The zero-order valence-corrected chi connectivity index (χ0v) is 31.9. The molecule has 0 fully saturated rings. The Morgan fingerprint density at radius 1 is 0.644 bits per heavy atom. The Morgan fingerprint density at radius 2 is 1.09 bits per heavy atom. The molecule has 0 saturated carbocycles. The predicted octanol–water partition coefficient (Wildman–Crippen LogP) is 5.38. The van der Waals surface area contributed by atoms with Crippen LogP contribution < -0.4 is 24.8 Å². The van der Waals surface area contributed by atoms with Crippen LogP contribution in [0.15, 0.2) is 120 Å².